The molecule has 1 unspecified atom stereocenters. The van der Waals surface area contributed by atoms with Crippen molar-refractivity contribution in [1.29, 1.82) is 0 Å². The number of hydrogen-bond donors (Lipinski definition) is 0. The molecule has 1 atom stereocenters. The molecule has 94 valence electrons. The molecule has 0 saturated carbocycles. The van der Waals surface area contributed by atoms with Crippen LogP contribution in [0.3, 0.4) is 0 Å². The van der Waals surface area contributed by atoms with E-state index in [-0.39, 0.29) is 0 Å². The van der Waals surface area contributed by atoms with Crippen LogP contribution in [0.1, 0.15) is 24.7 Å². The van der Waals surface area contributed by atoms with Crippen molar-refractivity contribution in [3.63, 3.8) is 0 Å². The first-order valence-electron chi connectivity index (χ1n) is 6.25. The number of nitrogens with zero attached hydrogens (tertiary/aromatic N) is 4. The Morgan fingerprint density at radius 3 is 2.94 bits per heavy atom. The summed E-state index contributed by atoms with van der Waals surface area (Å²) in [6.45, 7) is 2.15. The van der Waals surface area contributed by atoms with Gasteiger partial charge in [-0.3, -0.25) is 4.98 Å². The smallest absolute Gasteiger partial charge is 0.231 e. The molecule has 3 rings (SSSR count). The summed E-state index contributed by atoms with van der Waals surface area (Å²) in [5.74, 6) is 1.78. The molecule has 0 N–H and O–H groups in total. The molecule has 1 aliphatic rings. The quantitative estimate of drug-likeness (QED) is 0.808. The Balaban J connectivity index is 1.81. The van der Waals surface area contributed by atoms with Crippen molar-refractivity contribution in [2.24, 2.45) is 0 Å². The van der Waals surface area contributed by atoms with Crippen LogP contribution in [0.25, 0.3) is 11.4 Å². The van der Waals surface area contributed by atoms with Gasteiger partial charge in [0.15, 0.2) is 0 Å². The largest absolute Gasteiger partial charge is 0.339 e. The molecular weight excluding hydrogens is 228 g/mol. The fourth-order valence-electron chi connectivity index (χ4n) is 2.39. The Bertz CT molecular complexity index is 511. The highest BCUT2D eigenvalue weighted by molar-refractivity contribution is 5.52. The third-order valence-electron chi connectivity index (χ3n) is 3.35. The molecule has 0 radical (unpaired) electrons. The van der Waals surface area contributed by atoms with E-state index < -0.39 is 0 Å². The van der Waals surface area contributed by atoms with Gasteiger partial charge < -0.3 is 9.42 Å². The van der Waals surface area contributed by atoms with Crippen LogP contribution in [0.5, 0.6) is 0 Å². The third kappa shape index (κ3) is 2.26. The van der Waals surface area contributed by atoms with Crippen molar-refractivity contribution in [1.82, 2.24) is 20.0 Å². The molecular formula is C13H16N4O. The Morgan fingerprint density at radius 2 is 2.17 bits per heavy atom. The van der Waals surface area contributed by atoms with Gasteiger partial charge in [0.25, 0.3) is 0 Å². The van der Waals surface area contributed by atoms with E-state index in [1.54, 1.807) is 12.4 Å². The Labute approximate surface area is 106 Å². The van der Waals surface area contributed by atoms with Crippen LogP contribution < -0.4 is 0 Å². The summed E-state index contributed by atoms with van der Waals surface area (Å²) in [6.07, 6.45) is 5.79. The van der Waals surface area contributed by atoms with E-state index in [0.29, 0.717) is 11.7 Å². The van der Waals surface area contributed by atoms with Gasteiger partial charge in [0.1, 0.15) is 0 Å². The molecule has 0 spiro atoms. The lowest BCUT2D eigenvalue weighted by Gasteiger charge is -2.27. The van der Waals surface area contributed by atoms with E-state index in [0.717, 1.165) is 31.0 Å². The lowest BCUT2D eigenvalue weighted by Crippen LogP contribution is -2.30. The molecule has 0 aliphatic carbocycles. The van der Waals surface area contributed by atoms with Gasteiger partial charge in [-0.05, 0) is 38.6 Å². The number of piperidine rings is 1. The zero-order chi connectivity index (χ0) is 12.4. The van der Waals surface area contributed by atoms with Gasteiger partial charge in [-0.2, -0.15) is 4.98 Å². The number of likely N-dealkylation sites (N-methyl/N-ethyl adjacent to an activating group) is 1. The number of likely N-dealkylation sites (tertiary alicyclic amines) is 1. The van der Waals surface area contributed by atoms with E-state index in [1.807, 2.05) is 12.1 Å². The van der Waals surface area contributed by atoms with Crippen molar-refractivity contribution in [2.75, 3.05) is 20.1 Å². The molecule has 18 heavy (non-hydrogen) atoms. The van der Waals surface area contributed by atoms with Crippen LogP contribution in [0.2, 0.25) is 0 Å². The average Bonchev–Trinajstić information content (AvgIpc) is 2.89. The van der Waals surface area contributed by atoms with Crippen molar-refractivity contribution >= 4 is 0 Å². The molecule has 1 fully saturated rings. The standard InChI is InChI=1S/C13H16N4O/c1-17-8-2-3-11(9-17)13-15-12(16-18-13)10-4-6-14-7-5-10/h4-7,11H,2-3,8-9H2,1H3. The molecule has 0 amide bonds. The molecule has 0 aromatic carbocycles. The van der Waals surface area contributed by atoms with Gasteiger partial charge in [-0.15, -0.1) is 0 Å². The first-order chi connectivity index (χ1) is 8.83. The van der Waals surface area contributed by atoms with Crippen LogP contribution in [-0.2, 0) is 0 Å². The number of rotatable bonds is 2. The zero-order valence-corrected chi connectivity index (χ0v) is 10.4. The van der Waals surface area contributed by atoms with Crippen LogP contribution in [0, 0.1) is 0 Å². The molecule has 1 aliphatic heterocycles. The average molecular weight is 244 g/mol. The van der Waals surface area contributed by atoms with Crippen molar-refractivity contribution < 1.29 is 4.52 Å². The van der Waals surface area contributed by atoms with Gasteiger partial charge in [0.2, 0.25) is 11.7 Å². The van der Waals surface area contributed by atoms with E-state index >= 15 is 0 Å². The van der Waals surface area contributed by atoms with Gasteiger partial charge >= 0.3 is 0 Å². The number of aromatic nitrogens is 3. The van der Waals surface area contributed by atoms with E-state index in [2.05, 4.69) is 27.1 Å². The highest BCUT2D eigenvalue weighted by Crippen LogP contribution is 2.26. The summed E-state index contributed by atoms with van der Waals surface area (Å²) < 4.78 is 5.40. The maximum absolute atomic E-state index is 5.40. The Kier molecular flexibility index (Phi) is 3.06. The maximum Gasteiger partial charge on any atom is 0.231 e. The van der Waals surface area contributed by atoms with Crippen molar-refractivity contribution in [3.8, 4) is 11.4 Å². The van der Waals surface area contributed by atoms with Gasteiger partial charge in [-0.25, -0.2) is 0 Å². The summed E-state index contributed by atoms with van der Waals surface area (Å²) in [4.78, 5) is 10.8. The summed E-state index contributed by atoms with van der Waals surface area (Å²) in [5, 5.41) is 4.05. The normalized spacial score (nSPS) is 21.1. The molecule has 3 heterocycles. The van der Waals surface area contributed by atoms with E-state index in [1.165, 1.54) is 6.42 Å². The highest BCUT2D eigenvalue weighted by atomic mass is 16.5. The second-order valence-electron chi connectivity index (χ2n) is 4.79. The summed E-state index contributed by atoms with van der Waals surface area (Å²) >= 11 is 0. The fourth-order valence-corrected chi connectivity index (χ4v) is 2.39. The number of pyridine rings is 1. The molecule has 1 saturated heterocycles. The minimum Gasteiger partial charge on any atom is -0.339 e. The number of hydrogen-bond acceptors (Lipinski definition) is 5. The molecule has 5 nitrogen and oxygen atoms in total. The first-order valence-corrected chi connectivity index (χ1v) is 6.25. The van der Waals surface area contributed by atoms with Crippen molar-refractivity contribution in [2.45, 2.75) is 18.8 Å². The predicted molar refractivity (Wildman–Crippen MR) is 67.0 cm³/mol. The predicted octanol–water partition coefficient (Wildman–Crippen LogP) is 1.94. The summed E-state index contributed by atoms with van der Waals surface area (Å²) in [6, 6.07) is 3.78. The van der Waals surface area contributed by atoms with Gasteiger partial charge in [-0.1, -0.05) is 5.16 Å². The van der Waals surface area contributed by atoms with Gasteiger partial charge in [0.05, 0.1) is 5.92 Å². The molecule has 0 bridgehead atoms. The van der Waals surface area contributed by atoms with Crippen LogP contribution in [0.4, 0.5) is 0 Å². The molecule has 5 heteroatoms. The fraction of sp³-hybridized carbons (Fsp3) is 0.462. The Morgan fingerprint density at radius 1 is 1.33 bits per heavy atom. The molecule has 2 aromatic heterocycles. The SMILES string of the molecule is CN1CCCC(c2nc(-c3ccncc3)no2)C1. The topological polar surface area (TPSA) is 55.1 Å². The highest BCUT2D eigenvalue weighted by Gasteiger charge is 2.24. The van der Waals surface area contributed by atoms with Crippen LogP contribution in [0.15, 0.2) is 29.0 Å². The van der Waals surface area contributed by atoms with Crippen LogP contribution >= 0.6 is 0 Å². The minimum atomic E-state index is 0.367. The van der Waals surface area contributed by atoms with Crippen LogP contribution in [-0.4, -0.2) is 40.2 Å². The van der Waals surface area contributed by atoms with Gasteiger partial charge in [0, 0.05) is 24.5 Å². The van der Waals surface area contributed by atoms with Crippen molar-refractivity contribution in [3.05, 3.63) is 30.4 Å². The monoisotopic (exact) mass is 244 g/mol. The zero-order valence-electron chi connectivity index (χ0n) is 10.4. The second-order valence-corrected chi connectivity index (χ2v) is 4.79. The second kappa shape index (κ2) is 4.86. The lowest BCUT2D eigenvalue weighted by atomic mass is 9.98. The summed E-state index contributed by atoms with van der Waals surface area (Å²) in [5.41, 5.74) is 0.948. The lowest BCUT2D eigenvalue weighted by molar-refractivity contribution is 0.220. The molecule has 2 aromatic rings. The van der Waals surface area contributed by atoms with E-state index in [4.69, 9.17) is 4.52 Å². The minimum absolute atomic E-state index is 0.367. The first kappa shape index (κ1) is 11.3. The van der Waals surface area contributed by atoms with E-state index in [9.17, 15) is 0 Å². The summed E-state index contributed by atoms with van der Waals surface area (Å²) in [7, 11) is 2.13. The Hall–Kier alpha value is -1.75. The maximum atomic E-state index is 5.40. The third-order valence-corrected chi connectivity index (χ3v) is 3.35.